The molecule has 1 aliphatic heterocycles. The fraction of sp³-hybridized carbons (Fsp3) is 0.412. The molecule has 2 heterocycles. The molecule has 106 valence electrons. The molecule has 2 aromatic rings. The zero-order valence-corrected chi connectivity index (χ0v) is 13.0. The molecule has 0 radical (unpaired) electrons. The van der Waals surface area contributed by atoms with Gasteiger partial charge in [-0.15, -0.1) is 11.3 Å². The van der Waals surface area contributed by atoms with Crippen LogP contribution >= 0.6 is 11.3 Å². The SMILES string of the molecule is Cc1cc(CNCC2CNCc3ccccc32)sc1C. The van der Waals surface area contributed by atoms with Gasteiger partial charge in [-0.25, -0.2) is 0 Å². The lowest BCUT2D eigenvalue weighted by Gasteiger charge is -2.26. The summed E-state index contributed by atoms with van der Waals surface area (Å²) < 4.78 is 0. The molecule has 1 aromatic carbocycles. The lowest BCUT2D eigenvalue weighted by Crippen LogP contribution is -2.34. The Morgan fingerprint density at radius 3 is 2.95 bits per heavy atom. The summed E-state index contributed by atoms with van der Waals surface area (Å²) in [5.74, 6) is 0.585. The molecule has 1 atom stereocenters. The van der Waals surface area contributed by atoms with Gasteiger partial charge in [0.25, 0.3) is 0 Å². The molecule has 2 nitrogen and oxygen atoms in total. The molecular weight excluding hydrogens is 264 g/mol. The average molecular weight is 286 g/mol. The third-order valence-electron chi connectivity index (χ3n) is 4.11. The second kappa shape index (κ2) is 6.08. The van der Waals surface area contributed by atoms with Gasteiger partial charge in [-0.2, -0.15) is 0 Å². The molecule has 0 saturated carbocycles. The van der Waals surface area contributed by atoms with Crippen LogP contribution in [0.2, 0.25) is 0 Å². The number of fused-ring (bicyclic) bond motifs is 1. The van der Waals surface area contributed by atoms with Gasteiger partial charge in [0.05, 0.1) is 0 Å². The van der Waals surface area contributed by atoms with E-state index in [0.29, 0.717) is 5.92 Å². The average Bonchev–Trinajstić information content (AvgIpc) is 2.78. The van der Waals surface area contributed by atoms with Crippen LogP contribution < -0.4 is 10.6 Å². The monoisotopic (exact) mass is 286 g/mol. The quantitative estimate of drug-likeness (QED) is 0.901. The number of thiophene rings is 1. The van der Waals surface area contributed by atoms with Crippen LogP contribution in [0.1, 0.15) is 32.4 Å². The van der Waals surface area contributed by atoms with Gasteiger partial charge in [0.15, 0.2) is 0 Å². The highest BCUT2D eigenvalue weighted by Crippen LogP contribution is 2.24. The van der Waals surface area contributed by atoms with Gasteiger partial charge in [-0.1, -0.05) is 24.3 Å². The van der Waals surface area contributed by atoms with E-state index in [0.717, 1.165) is 26.2 Å². The predicted octanol–water partition coefficient (Wildman–Crippen LogP) is 3.34. The van der Waals surface area contributed by atoms with E-state index < -0.39 is 0 Å². The number of rotatable bonds is 4. The smallest absolute Gasteiger partial charge is 0.0300 e. The van der Waals surface area contributed by atoms with Gasteiger partial charge in [0, 0.05) is 41.9 Å². The summed E-state index contributed by atoms with van der Waals surface area (Å²) in [5.41, 5.74) is 4.38. The van der Waals surface area contributed by atoms with E-state index in [1.54, 1.807) is 0 Å². The molecule has 0 bridgehead atoms. The van der Waals surface area contributed by atoms with Gasteiger partial charge in [0.2, 0.25) is 0 Å². The van der Waals surface area contributed by atoms with Gasteiger partial charge in [-0.3, -0.25) is 0 Å². The fourth-order valence-corrected chi connectivity index (χ4v) is 3.90. The van der Waals surface area contributed by atoms with Crippen molar-refractivity contribution in [1.29, 1.82) is 0 Å². The second-order valence-electron chi connectivity index (χ2n) is 5.61. The first-order valence-corrected chi connectivity index (χ1v) is 8.11. The van der Waals surface area contributed by atoms with Crippen molar-refractivity contribution < 1.29 is 0 Å². The minimum atomic E-state index is 0.585. The number of nitrogens with one attached hydrogen (secondary N) is 2. The van der Waals surface area contributed by atoms with Gasteiger partial charge in [-0.05, 0) is 36.6 Å². The van der Waals surface area contributed by atoms with Gasteiger partial charge >= 0.3 is 0 Å². The van der Waals surface area contributed by atoms with Crippen LogP contribution in [0.3, 0.4) is 0 Å². The standard InChI is InChI=1S/C17H22N2S/c1-12-7-16(20-13(12)2)11-19-10-15-9-18-8-14-5-3-4-6-17(14)15/h3-7,15,18-19H,8-11H2,1-2H3. The van der Waals surface area contributed by atoms with Crippen molar-refractivity contribution in [2.45, 2.75) is 32.9 Å². The van der Waals surface area contributed by atoms with Crippen molar-refractivity contribution in [3.05, 3.63) is 56.8 Å². The molecule has 20 heavy (non-hydrogen) atoms. The van der Waals surface area contributed by atoms with Crippen molar-refractivity contribution in [3.63, 3.8) is 0 Å². The second-order valence-corrected chi connectivity index (χ2v) is 6.95. The summed E-state index contributed by atoms with van der Waals surface area (Å²) in [6.45, 7) is 8.50. The van der Waals surface area contributed by atoms with Crippen molar-refractivity contribution in [1.82, 2.24) is 10.6 Å². The first-order valence-electron chi connectivity index (χ1n) is 7.29. The maximum atomic E-state index is 3.62. The zero-order valence-electron chi connectivity index (χ0n) is 12.2. The summed E-state index contributed by atoms with van der Waals surface area (Å²) in [7, 11) is 0. The lowest BCUT2D eigenvalue weighted by molar-refractivity contribution is 0.504. The largest absolute Gasteiger partial charge is 0.312 e. The van der Waals surface area contributed by atoms with Gasteiger partial charge < -0.3 is 10.6 Å². The maximum Gasteiger partial charge on any atom is 0.0300 e. The van der Waals surface area contributed by atoms with Crippen LogP contribution in [-0.2, 0) is 13.1 Å². The minimum Gasteiger partial charge on any atom is -0.312 e. The molecule has 0 aliphatic carbocycles. The summed E-state index contributed by atoms with van der Waals surface area (Å²) in [4.78, 5) is 2.88. The molecular formula is C17H22N2S. The van der Waals surface area contributed by atoms with E-state index in [1.165, 1.54) is 26.4 Å². The first kappa shape index (κ1) is 13.8. The Labute approximate surface area is 125 Å². The molecule has 3 rings (SSSR count). The highest BCUT2D eigenvalue weighted by molar-refractivity contribution is 7.12. The molecule has 0 fully saturated rings. The molecule has 1 unspecified atom stereocenters. The van der Waals surface area contributed by atoms with Crippen molar-refractivity contribution in [3.8, 4) is 0 Å². The number of hydrogen-bond acceptors (Lipinski definition) is 3. The van der Waals surface area contributed by atoms with E-state index >= 15 is 0 Å². The lowest BCUT2D eigenvalue weighted by atomic mass is 9.91. The van der Waals surface area contributed by atoms with Crippen LogP contribution in [0.25, 0.3) is 0 Å². The molecule has 3 heteroatoms. The topological polar surface area (TPSA) is 24.1 Å². The molecule has 0 saturated heterocycles. The summed E-state index contributed by atoms with van der Waals surface area (Å²) in [6.07, 6.45) is 0. The summed E-state index contributed by atoms with van der Waals surface area (Å²) in [5, 5.41) is 7.14. The van der Waals surface area contributed by atoms with E-state index in [1.807, 2.05) is 11.3 Å². The van der Waals surface area contributed by atoms with Crippen molar-refractivity contribution >= 4 is 11.3 Å². The molecule has 2 N–H and O–H groups in total. The van der Waals surface area contributed by atoms with Gasteiger partial charge in [0.1, 0.15) is 0 Å². The van der Waals surface area contributed by atoms with Crippen molar-refractivity contribution in [2.24, 2.45) is 0 Å². The minimum absolute atomic E-state index is 0.585. The Hall–Kier alpha value is -1.16. The Bertz CT molecular complexity index is 569. The van der Waals surface area contributed by atoms with E-state index in [2.05, 4.69) is 54.8 Å². The van der Waals surface area contributed by atoms with E-state index in [4.69, 9.17) is 0 Å². The van der Waals surface area contributed by atoms with Crippen LogP contribution in [0.5, 0.6) is 0 Å². The first-order chi connectivity index (χ1) is 9.74. The Morgan fingerprint density at radius 2 is 2.15 bits per heavy atom. The summed E-state index contributed by atoms with van der Waals surface area (Å²) >= 11 is 1.91. The maximum absolute atomic E-state index is 3.62. The van der Waals surface area contributed by atoms with Crippen LogP contribution in [0.15, 0.2) is 30.3 Å². The highest BCUT2D eigenvalue weighted by Gasteiger charge is 2.18. The van der Waals surface area contributed by atoms with Crippen LogP contribution in [-0.4, -0.2) is 13.1 Å². The van der Waals surface area contributed by atoms with Crippen molar-refractivity contribution in [2.75, 3.05) is 13.1 Å². The number of benzene rings is 1. The summed E-state index contributed by atoms with van der Waals surface area (Å²) in [6, 6.07) is 11.1. The van der Waals surface area contributed by atoms with E-state index in [-0.39, 0.29) is 0 Å². The fourth-order valence-electron chi connectivity index (χ4n) is 2.87. The van der Waals surface area contributed by atoms with E-state index in [9.17, 15) is 0 Å². The third-order valence-corrected chi connectivity index (χ3v) is 5.26. The zero-order chi connectivity index (χ0) is 13.9. The highest BCUT2D eigenvalue weighted by atomic mass is 32.1. The molecule has 0 amide bonds. The Morgan fingerprint density at radius 1 is 1.30 bits per heavy atom. The normalized spacial score (nSPS) is 18.0. The number of aryl methyl sites for hydroxylation is 2. The molecule has 1 aromatic heterocycles. The molecule has 0 spiro atoms. The predicted molar refractivity (Wildman–Crippen MR) is 86.4 cm³/mol. The Balaban J connectivity index is 1.59. The third kappa shape index (κ3) is 2.95. The van der Waals surface area contributed by atoms with Crippen LogP contribution in [0.4, 0.5) is 0 Å². The van der Waals surface area contributed by atoms with Crippen LogP contribution in [0, 0.1) is 13.8 Å². The Kier molecular flexibility index (Phi) is 4.20. The molecule has 1 aliphatic rings. The number of hydrogen-bond donors (Lipinski definition) is 2.